The molecule has 2 heterocycles. The molecule has 0 fully saturated rings. The fourth-order valence-electron chi connectivity index (χ4n) is 4.14. The lowest BCUT2D eigenvalue weighted by Gasteiger charge is -2.33. The van der Waals surface area contributed by atoms with Crippen LogP contribution in [-0.2, 0) is 17.7 Å². The number of carbonyl (C=O) groups is 1. The third kappa shape index (κ3) is 4.02. The predicted molar refractivity (Wildman–Crippen MR) is 120 cm³/mol. The first kappa shape index (κ1) is 21.0. The van der Waals surface area contributed by atoms with Crippen molar-refractivity contribution in [2.75, 3.05) is 18.2 Å². The van der Waals surface area contributed by atoms with Crippen molar-refractivity contribution in [3.63, 3.8) is 0 Å². The Hall–Kier alpha value is -3.28. The molecule has 0 unspecified atom stereocenters. The SMILES string of the molecule is CCCCc1cc(=O)oc2c(C)c3c(cc12)CN(c1ccccc1C(=O)OCC)CO3. The molecule has 0 spiro atoms. The summed E-state index contributed by atoms with van der Waals surface area (Å²) >= 11 is 0. The summed E-state index contributed by atoms with van der Waals surface area (Å²) in [6.07, 6.45) is 2.88. The van der Waals surface area contributed by atoms with Crippen molar-refractivity contribution < 1.29 is 18.7 Å². The maximum Gasteiger partial charge on any atom is 0.340 e. The standard InChI is InChI=1S/C25H27NO5/c1-4-6-9-17-13-22(27)31-24-16(3)23-18(12-20(17)24)14-26(15-30-23)21-11-8-7-10-19(21)25(28)29-5-2/h7-8,10-13H,4-6,9,14-15H2,1-3H3. The fourth-order valence-corrected chi connectivity index (χ4v) is 4.14. The second-order valence-corrected chi connectivity index (χ2v) is 7.77. The predicted octanol–water partition coefficient (Wildman–Crippen LogP) is 4.98. The molecule has 6 heteroatoms. The Kier molecular flexibility index (Phi) is 5.98. The fraction of sp³-hybridized carbons (Fsp3) is 0.360. The van der Waals surface area contributed by atoms with Crippen LogP contribution in [0.2, 0.25) is 0 Å². The second kappa shape index (κ2) is 8.84. The Morgan fingerprint density at radius 3 is 2.77 bits per heavy atom. The van der Waals surface area contributed by atoms with E-state index in [1.807, 2.05) is 30.0 Å². The number of benzene rings is 2. The summed E-state index contributed by atoms with van der Waals surface area (Å²) in [7, 11) is 0. The first-order valence-corrected chi connectivity index (χ1v) is 10.8. The van der Waals surface area contributed by atoms with Gasteiger partial charge in [0.25, 0.3) is 0 Å². The van der Waals surface area contributed by atoms with Crippen molar-refractivity contribution in [2.24, 2.45) is 0 Å². The third-order valence-corrected chi connectivity index (χ3v) is 5.64. The van der Waals surface area contributed by atoms with E-state index in [0.717, 1.165) is 52.8 Å². The van der Waals surface area contributed by atoms with Gasteiger partial charge < -0.3 is 18.8 Å². The molecule has 162 valence electrons. The number of ether oxygens (including phenoxy) is 2. The van der Waals surface area contributed by atoms with E-state index < -0.39 is 0 Å². The molecule has 6 nitrogen and oxygen atoms in total. The highest BCUT2D eigenvalue weighted by Gasteiger charge is 2.26. The van der Waals surface area contributed by atoms with Gasteiger partial charge in [-0.25, -0.2) is 9.59 Å². The first-order chi connectivity index (χ1) is 15.0. The van der Waals surface area contributed by atoms with Crippen LogP contribution in [0.25, 0.3) is 11.0 Å². The highest BCUT2D eigenvalue weighted by atomic mass is 16.5. The molecular formula is C25H27NO5. The lowest BCUT2D eigenvalue weighted by Crippen LogP contribution is -2.33. The summed E-state index contributed by atoms with van der Waals surface area (Å²) in [5.74, 6) is 0.398. The number of hydrogen-bond donors (Lipinski definition) is 0. The number of para-hydroxylation sites is 1. The van der Waals surface area contributed by atoms with Gasteiger partial charge in [-0.3, -0.25) is 0 Å². The topological polar surface area (TPSA) is 69.0 Å². The van der Waals surface area contributed by atoms with Gasteiger partial charge in [0.15, 0.2) is 6.73 Å². The molecule has 1 aromatic heterocycles. The Bertz CT molecular complexity index is 1180. The van der Waals surface area contributed by atoms with Gasteiger partial charge in [0.05, 0.1) is 17.9 Å². The summed E-state index contributed by atoms with van der Waals surface area (Å²) in [6, 6.07) is 11.1. The van der Waals surface area contributed by atoms with E-state index in [0.29, 0.717) is 24.3 Å². The minimum Gasteiger partial charge on any atom is -0.472 e. The van der Waals surface area contributed by atoms with Gasteiger partial charge in [0, 0.05) is 29.1 Å². The van der Waals surface area contributed by atoms with E-state index in [1.165, 1.54) is 0 Å². The minimum atomic E-state index is -0.345. The molecule has 0 N–H and O–H groups in total. The largest absolute Gasteiger partial charge is 0.472 e. The van der Waals surface area contributed by atoms with Crippen LogP contribution >= 0.6 is 0 Å². The summed E-state index contributed by atoms with van der Waals surface area (Å²) in [5.41, 5.74) is 4.39. The number of rotatable bonds is 6. The molecule has 0 aliphatic carbocycles. The van der Waals surface area contributed by atoms with Crippen molar-refractivity contribution >= 4 is 22.6 Å². The quantitative estimate of drug-likeness (QED) is 0.413. The van der Waals surface area contributed by atoms with Crippen LogP contribution in [0, 0.1) is 6.92 Å². The number of unbranched alkanes of at least 4 members (excludes halogenated alkanes) is 1. The average molecular weight is 421 g/mol. The summed E-state index contributed by atoms with van der Waals surface area (Å²) in [6.45, 7) is 7.04. The van der Waals surface area contributed by atoms with Crippen LogP contribution in [0.3, 0.4) is 0 Å². The highest BCUT2D eigenvalue weighted by Crippen LogP contribution is 2.37. The smallest absolute Gasteiger partial charge is 0.340 e. The molecule has 0 bridgehead atoms. The van der Waals surface area contributed by atoms with Crippen molar-refractivity contribution in [3.05, 3.63) is 69.1 Å². The Morgan fingerprint density at radius 2 is 2.00 bits per heavy atom. The summed E-state index contributed by atoms with van der Waals surface area (Å²) < 4.78 is 16.9. The van der Waals surface area contributed by atoms with Gasteiger partial charge in [-0.15, -0.1) is 0 Å². The van der Waals surface area contributed by atoms with Gasteiger partial charge in [-0.05, 0) is 50.5 Å². The van der Waals surface area contributed by atoms with E-state index >= 15 is 0 Å². The van der Waals surface area contributed by atoms with Gasteiger partial charge in [-0.2, -0.15) is 0 Å². The molecular weight excluding hydrogens is 394 g/mol. The van der Waals surface area contributed by atoms with Crippen LogP contribution in [0.1, 0.15) is 53.7 Å². The number of hydrogen-bond acceptors (Lipinski definition) is 6. The zero-order valence-electron chi connectivity index (χ0n) is 18.2. The van der Waals surface area contributed by atoms with Gasteiger partial charge in [0.1, 0.15) is 11.3 Å². The number of esters is 1. The van der Waals surface area contributed by atoms with Gasteiger partial charge in [0.2, 0.25) is 0 Å². The van der Waals surface area contributed by atoms with Crippen molar-refractivity contribution in [1.82, 2.24) is 0 Å². The Labute approximate surface area is 181 Å². The molecule has 0 radical (unpaired) electrons. The lowest BCUT2D eigenvalue weighted by molar-refractivity contribution is 0.0527. The van der Waals surface area contributed by atoms with Crippen molar-refractivity contribution in [3.8, 4) is 5.75 Å². The average Bonchev–Trinajstić information content (AvgIpc) is 2.78. The molecule has 0 saturated heterocycles. The molecule has 0 saturated carbocycles. The van der Waals surface area contributed by atoms with Gasteiger partial charge in [-0.1, -0.05) is 25.5 Å². The Balaban J connectivity index is 1.76. The third-order valence-electron chi connectivity index (χ3n) is 5.64. The zero-order chi connectivity index (χ0) is 22.0. The molecule has 0 atom stereocenters. The lowest BCUT2D eigenvalue weighted by atomic mass is 9.98. The van der Waals surface area contributed by atoms with Crippen molar-refractivity contribution in [1.29, 1.82) is 0 Å². The molecule has 31 heavy (non-hydrogen) atoms. The molecule has 4 rings (SSSR count). The molecule has 0 amide bonds. The first-order valence-electron chi connectivity index (χ1n) is 10.8. The maximum atomic E-state index is 12.4. The van der Waals surface area contributed by atoms with Crippen molar-refractivity contribution in [2.45, 2.75) is 46.6 Å². The number of anilines is 1. The summed E-state index contributed by atoms with van der Waals surface area (Å²) in [4.78, 5) is 26.6. The number of aryl methyl sites for hydroxylation is 2. The second-order valence-electron chi connectivity index (χ2n) is 7.77. The number of fused-ring (bicyclic) bond motifs is 2. The van der Waals surface area contributed by atoms with E-state index in [4.69, 9.17) is 13.9 Å². The number of carbonyl (C=O) groups excluding carboxylic acids is 1. The summed E-state index contributed by atoms with van der Waals surface area (Å²) in [5, 5.41) is 0.952. The van der Waals surface area contributed by atoms with E-state index in [1.54, 1.807) is 19.1 Å². The normalized spacial score (nSPS) is 13.1. The zero-order valence-corrected chi connectivity index (χ0v) is 18.2. The molecule has 2 aromatic carbocycles. The Morgan fingerprint density at radius 1 is 1.19 bits per heavy atom. The van der Waals surface area contributed by atoms with Crippen LogP contribution < -0.4 is 15.3 Å². The van der Waals surface area contributed by atoms with Crippen LogP contribution in [0.15, 0.2) is 45.6 Å². The minimum absolute atomic E-state index is 0.287. The molecule has 3 aromatic rings. The van der Waals surface area contributed by atoms with Gasteiger partial charge >= 0.3 is 11.6 Å². The van der Waals surface area contributed by atoms with Crippen LogP contribution in [0.4, 0.5) is 5.69 Å². The number of nitrogens with zero attached hydrogens (tertiary/aromatic N) is 1. The maximum absolute atomic E-state index is 12.4. The molecule has 1 aliphatic rings. The van der Waals surface area contributed by atoms with Crippen LogP contribution in [-0.4, -0.2) is 19.3 Å². The van der Waals surface area contributed by atoms with Crippen LogP contribution in [0.5, 0.6) is 5.75 Å². The van der Waals surface area contributed by atoms with E-state index in [9.17, 15) is 9.59 Å². The highest BCUT2D eigenvalue weighted by molar-refractivity contribution is 5.96. The van der Waals surface area contributed by atoms with E-state index in [-0.39, 0.29) is 18.3 Å². The monoisotopic (exact) mass is 421 g/mol. The van der Waals surface area contributed by atoms with E-state index in [2.05, 4.69) is 13.0 Å². The molecule has 1 aliphatic heterocycles.